The number of nitrogens with zero attached hydrogens (tertiary/aromatic N) is 2. The van der Waals surface area contributed by atoms with Gasteiger partial charge in [0.15, 0.2) is 23.7 Å². The minimum Gasteiger partial charge on any atom is -0.375 e. The Bertz CT molecular complexity index is 1940. The average Bonchev–Trinajstić information content (AvgIpc) is 3.49. The van der Waals surface area contributed by atoms with Crippen molar-refractivity contribution in [1.29, 1.82) is 0 Å². The minimum atomic E-state index is -6.07. The Kier molecular flexibility index (Phi) is 11.7. The van der Waals surface area contributed by atoms with Crippen molar-refractivity contribution in [2.24, 2.45) is 18.9 Å². The van der Waals surface area contributed by atoms with Crippen molar-refractivity contribution in [3.05, 3.63) is 89.8 Å². The zero-order valence-corrected chi connectivity index (χ0v) is 29.8. The van der Waals surface area contributed by atoms with Crippen LogP contribution in [0.5, 0.6) is 5.75 Å². The third kappa shape index (κ3) is 7.24. The van der Waals surface area contributed by atoms with Gasteiger partial charge >= 0.3 is 15.6 Å². The largest absolute Gasteiger partial charge is 0.534 e. The standard InChI is InChI=1S/C34H34F3N2O6S2.C2H6.CH4/c1-21-16-22(2)18-25(17-21)32(3)33(42-5,45-44-32)27-20-29(43-47(40,41)34(35,36)37)26(31-38-28-8-6-7-9-30(28)46-31)19-24(27)11-10-23-12-14-39(4)15-13-23;1-2;/h6-15,19-20,22,25H,1,16-18H2,2-5H3;1-2H3;1H4/q+1;;/b11-10+;;. The molecule has 1 saturated carbocycles. The number of methoxy groups -OCH3 is 1. The number of ether oxygens (including phenoxy) is 1. The second-order valence-corrected chi connectivity index (χ2v) is 14.9. The van der Waals surface area contributed by atoms with Crippen molar-refractivity contribution >= 4 is 43.8 Å². The summed E-state index contributed by atoms with van der Waals surface area (Å²) in [5.41, 5.74) is -3.57. The Hall–Kier alpha value is -3.62. The molecule has 3 heterocycles. The quantitative estimate of drug-likeness (QED) is 0.0587. The summed E-state index contributed by atoms with van der Waals surface area (Å²) < 4.78 is 79.8. The van der Waals surface area contributed by atoms with Gasteiger partial charge in [-0.05, 0) is 67.5 Å². The molecule has 2 aliphatic rings. The molecule has 2 fully saturated rings. The molecule has 1 aliphatic heterocycles. The number of benzene rings is 2. The molecule has 0 N–H and O–H groups in total. The zero-order valence-electron chi connectivity index (χ0n) is 28.2. The van der Waals surface area contributed by atoms with E-state index in [9.17, 15) is 21.6 Å². The maximum Gasteiger partial charge on any atom is 0.534 e. The Labute approximate surface area is 296 Å². The molecule has 4 aromatic rings. The SMILES string of the molecule is C.C=C1CC(C)CC(C2(C)OOC2(OC)c2cc(OS(=O)(=O)C(F)(F)F)c(-c3nc4ccccc4s3)cc2/C=C/c2cc[n+](C)cc2)C1.CC. The van der Waals surface area contributed by atoms with Crippen LogP contribution in [0.25, 0.3) is 32.9 Å². The van der Waals surface area contributed by atoms with Gasteiger partial charge < -0.3 is 8.92 Å². The van der Waals surface area contributed by atoms with Crippen LogP contribution in [0, 0.1) is 11.8 Å². The van der Waals surface area contributed by atoms with Crippen LogP contribution < -0.4 is 8.75 Å². The molecule has 2 aromatic carbocycles. The highest BCUT2D eigenvalue weighted by Crippen LogP contribution is 2.58. The van der Waals surface area contributed by atoms with Gasteiger partial charge in [0.25, 0.3) is 5.79 Å². The average molecular weight is 734 g/mol. The van der Waals surface area contributed by atoms with Gasteiger partial charge in [0, 0.05) is 30.7 Å². The van der Waals surface area contributed by atoms with Crippen LogP contribution in [-0.2, 0) is 37.5 Å². The number of pyridine rings is 1. The highest BCUT2D eigenvalue weighted by Gasteiger charge is 2.68. The first kappa shape index (κ1) is 39.2. The van der Waals surface area contributed by atoms with Gasteiger partial charge in [-0.3, -0.25) is 0 Å². The molecular formula is C37H44F3N2O6S2+. The predicted molar refractivity (Wildman–Crippen MR) is 190 cm³/mol. The maximum absolute atomic E-state index is 13.7. The Morgan fingerprint density at radius 1 is 1.08 bits per heavy atom. The second kappa shape index (κ2) is 14.9. The molecule has 0 bridgehead atoms. The maximum atomic E-state index is 13.7. The topological polar surface area (TPSA) is 87.8 Å². The number of thiazole rings is 1. The highest BCUT2D eigenvalue weighted by molar-refractivity contribution is 7.88. The second-order valence-electron chi connectivity index (χ2n) is 12.3. The lowest BCUT2D eigenvalue weighted by atomic mass is 9.66. The number of aryl methyl sites for hydroxylation is 1. The summed E-state index contributed by atoms with van der Waals surface area (Å²) >= 11 is 1.19. The van der Waals surface area contributed by atoms with Gasteiger partial charge in [-0.15, -0.1) is 11.3 Å². The molecular weight excluding hydrogens is 690 g/mol. The number of rotatable bonds is 8. The van der Waals surface area contributed by atoms with E-state index in [0.717, 1.165) is 28.7 Å². The fourth-order valence-electron chi connectivity index (χ4n) is 6.46. The lowest BCUT2D eigenvalue weighted by molar-refractivity contribution is -0.671. The molecule has 270 valence electrons. The summed E-state index contributed by atoms with van der Waals surface area (Å²) in [5.74, 6) is -2.06. The molecule has 8 nitrogen and oxygen atoms in total. The highest BCUT2D eigenvalue weighted by atomic mass is 32.2. The number of para-hydroxylation sites is 1. The van der Waals surface area contributed by atoms with E-state index in [2.05, 4.69) is 18.5 Å². The summed E-state index contributed by atoms with van der Waals surface area (Å²) in [4.78, 5) is 16.3. The van der Waals surface area contributed by atoms with Crippen LogP contribution in [0.15, 0.2) is 73.1 Å². The molecule has 0 amide bonds. The van der Waals surface area contributed by atoms with E-state index < -0.39 is 32.8 Å². The van der Waals surface area contributed by atoms with Gasteiger partial charge in [-0.1, -0.05) is 64.6 Å². The lowest BCUT2D eigenvalue weighted by Crippen LogP contribution is -2.68. The van der Waals surface area contributed by atoms with Crippen molar-refractivity contribution in [1.82, 2.24) is 4.98 Å². The van der Waals surface area contributed by atoms with Crippen LogP contribution in [0.3, 0.4) is 0 Å². The molecule has 1 saturated heterocycles. The lowest BCUT2D eigenvalue weighted by Gasteiger charge is -2.58. The van der Waals surface area contributed by atoms with E-state index in [1.54, 1.807) is 24.3 Å². The number of hydrogen-bond donors (Lipinski definition) is 0. The van der Waals surface area contributed by atoms with Crippen LogP contribution in [0.4, 0.5) is 13.2 Å². The van der Waals surface area contributed by atoms with Gasteiger partial charge in [0.05, 0.1) is 15.8 Å². The first-order valence-electron chi connectivity index (χ1n) is 15.9. The summed E-state index contributed by atoms with van der Waals surface area (Å²) in [5, 5.41) is 0.268. The zero-order chi connectivity index (χ0) is 35.8. The Morgan fingerprint density at radius 2 is 1.76 bits per heavy atom. The van der Waals surface area contributed by atoms with Crippen molar-refractivity contribution < 1.29 is 44.9 Å². The van der Waals surface area contributed by atoms with E-state index in [1.807, 2.05) is 75.1 Å². The molecule has 4 unspecified atom stereocenters. The number of halogens is 3. The third-order valence-corrected chi connectivity index (χ3v) is 10.9. The summed E-state index contributed by atoms with van der Waals surface area (Å²) in [6.45, 7) is 12.2. The Morgan fingerprint density at radius 3 is 2.34 bits per heavy atom. The molecule has 50 heavy (non-hydrogen) atoms. The fourth-order valence-corrected chi connectivity index (χ4v) is 7.91. The smallest absolute Gasteiger partial charge is 0.375 e. The molecule has 13 heteroatoms. The van der Waals surface area contributed by atoms with E-state index in [0.29, 0.717) is 23.4 Å². The van der Waals surface area contributed by atoms with Crippen molar-refractivity contribution in [3.63, 3.8) is 0 Å². The van der Waals surface area contributed by atoms with E-state index in [4.69, 9.17) is 18.7 Å². The predicted octanol–water partition coefficient (Wildman–Crippen LogP) is 9.36. The van der Waals surface area contributed by atoms with Gasteiger partial charge in [0.1, 0.15) is 12.1 Å². The number of alkyl halides is 3. The Balaban J connectivity index is 0.00000184. The van der Waals surface area contributed by atoms with Crippen LogP contribution >= 0.6 is 11.3 Å². The fraction of sp³-hybridized carbons (Fsp3) is 0.405. The van der Waals surface area contributed by atoms with Gasteiger partial charge in [-0.25, -0.2) is 14.4 Å². The molecule has 2 aromatic heterocycles. The molecule has 1 aliphatic carbocycles. The van der Waals surface area contributed by atoms with E-state index >= 15 is 0 Å². The van der Waals surface area contributed by atoms with Crippen LogP contribution in [-0.4, -0.2) is 31.6 Å². The third-order valence-electron chi connectivity index (χ3n) is 8.88. The van der Waals surface area contributed by atoms with Crippen LogP contribution in [0.1, 0.15) is 71.1 Å². The van der Waals surface area contributed by atoms with E-state index in [1.165, 1.54) is 24.5 Å². The normalized spacial score (nSPS) is 23.9. The number of fused-ring (bicyclic) bond motifs is 1. The number of aromatic nitrogens is 2. The van der Waals surface area contributed by atoms with E-state index in [-0.39, 0.29) is 29.5 Å². The molecule has 6 rings (SSSR count). The first-order chi connectivity index (χ1) is 23.2. The monoisotopic (exact) mass is 733 g/mol. The minimum absolute atomic E-state index is 0. The van der Waals surface area contributed by atoms with Crippen LogP contribution in [0.2, 0.25) is 0 Å². The summed E-state index contributed by atoms with van der Waals surface area (Å²) in [6.07, 6.45) is 9.59. The number of allylic oxidation sites excluding steroid dienone is 1. The van der Waals surface area contributed by atoms with Crippen molar-refractivity contribution in [2.75, 3.05) is 7.11 Å². The van der Waals surface area contributed by atoms with Crippen molar-refractivity contribution in [3.8, 4) is 16.3 Å². The van der Waals surface area contributed by atoms with Gasteiger partial charge in [0.2, 0.25) is 0 Å². The molecule has 4 atom stereocenters. The van der Waals surface area contributed by atoms with Gasteiger partial charge in [-0.2, -0.15) is 26.5 Å². The summed E-state index contributed by atoms with van der Waals surface area (Å²) in [7, 11) is -2.76. The summed E-state index contributed by atoms with van der Waals surface area (Å²) in [6, 6.07) is 13.8. The molecule has 0 radical (unpaired) electrons. The van der Waals surface area contributed by atoms with Crippen molar-refractivity contribution in [2.45, 2.75) is 71.3 Å². The number of hydrogen-bond acceptors (Lipinski definition) is 8. The first-order valence-corrected chi connectivity index (χ1v) is 18.2. The molecule has 0 spiro atoms.